The van der Waals surface area contributed by atoms with Crippen LogP contribution in [0.1, 0.15) is 5.56 Å². The number of carbonyl (C=O) groups is 2. The van der Waals surface area contributed by atoms with Crippen molar-refractivity contribution in [1.82, 2.24) is 5.32 Å². The molecule has 1 aromatic rings. The molecule has 0 aliphatic carbocycles. The van der Waals surface area contributed by atoms with Gasteiger partial charge in [-0.2, -0.15) is 4.99 Å². The summed E-state index contributed by atoms with van der Waals surface area (Å²) in [5.74, 6) is -0.876. The number of amides is 2. The summed E-state index contributed by atoms with van der Waals surface area (Å²) < 4.78 is 0. The fraction of sp³-hybridized carbons (Fsp3) is 0.100. The molecule has 0 bridgehead atoms. The molecule has 0 fully saturated rings. The highest BCUT2D eigenvalue weighted by atomic mass is 16.2. The minimum Gasteiger partial charge on any atom is -0.312 e. The average Bonchev–Trinajstić information content (AvgIpc) is 2.26. The van der Waals surface area contributed by atoms with E-state index < -0.39 is 17.9 Å². The van der Waals surface area contributed by atoms with Crippen molar-refractivity contribution < 1.29 is 9.59 Å². The standard InChI is InChI=1S/C10H9N3O2/c11-7-9(14)12-8(13-10(7)15)6-4-2-1-3-5-6/h1-5,7H,11H2,(H,12,13,14,15). The zero-order valence-electron chi connectivity index (χ0n) is 7.81. The van der Waals surface area contributed by atoms with Crippen LogP contribution in [0.5, 0.6) is 0 Å². The van der Waals surface area contributed by atoms with E-state index in [2.05, 4.69) is 10.3 Å². The van der Waals surface area contributed by atoms with Gasteiger partial charge in [0.25, 0.3) is 11.8 Å². The van der Waals surface area contributed by atoms with E-state index in [9.17, 15) is 9.59 Å². The van der Waals surface area contributed by atoms with Crippen LogP contribution in [0, 0.1) is 0 Å². The Morgan fingerprint density at radius 2 is 1.87 bits per heavy atom. The highest BCUT2D eigenvalue weighted by Crippen LogP contribution is 2.04. The highest BCUT2D eigenvalue weighted by Gasteiger charge is 2.28. The Kier molecular flexibility index (Phi) is 2.31. The Balaban J connectivity index is 2.36. The summed E-state index contributed by atoms with van der Waals surface area (Å²) in [7, 11) is 0. The molecular weight excluding hydrogens is 194 g/mol. The van der Waals surface area contributed by atoms with Crippen molar-refractivity contribution in [3.8, 4) is 0 Å². The van der Waals surface area contributed by atoms with Gasteiger partial charge in [0, 0.05) is 5.56 Å². The van der Waals surface area contributed by atoms with Crippen LogP contribution >= 0.6 is 0 Å². The number of rotatable bonds is 1. The summed E-state index contributed by atoms with van der Waals surface area (Å²) in [6.07, 6.45) is 0. The Hall–Kier alpha value is -2.01. The van der Waals surface area contributed by atoms with E-state index in [1.165, 1.54) is 0 Å². The first-order chi connectivity index (χ1) is 7.18. The summed E-state index contributed by atoms with van der Waals surface area (Å²) in [5, 5.41) is 2.48. The van der Waals surface area contributed by atoms with Gasteiger partial charge in [0.05, 0.1) is 0 Å². The molecule has 5 heteroatoms. The van der Waals surface area contributed by atoms with E-state index >= 15 is 0 Å². The van der Waals surface area contributed by atoms with Crippen LogP contribution in [0.25, 0.3) is 0 Å². The summed E-state index contributed by atoms with van der Waals surface area (Å²) in [5.41, 5.74) is 5.98. The largest absolute Gasteiger partial charge is 0.312 e. The van der Waals surface area contributed by atoms with Crippen molar-refractivity contribution in [2.45, 2.75) is 6.04 Å². The molecule has 1 unspecified atom stereocenters. The lowest BCUT2D eigenvalue weighted by Crippen LogP contribution is -2.52. The molecule has 1 atom stereocenters. The lowest BCUT2D eigenvalue weighted by molar-refractivity contribution is -0.129. The minimum atomic E-state index is -1.18. The third kappa shape index (κ3) is 1.77. The first kappa shape index (κ1) is 9.54. The minimum absolute atomic E-state index is 0.257. The zero-order chi connectivity index (χ0) is 10.8. The van der Waals surface area contributed by atoms with Crippen molar-refractivity contribution in [2.75, 3.05) is 0 Å². The van der Waals surface area contributed by atoms with Crippen LogP contribution in [0.2, 0.25) is 0 Å². The molecule has 0 saturated heterocycles. The highest BCUT2D eigenvalue weighted by molar-refractivity contribution is 6.22. The number of nitrogens with one attached hydrogen (secondary N) is 1. The molecule has 3 N–H and O–H groups in total. The molecule has 2 amide bonds. The van der Waals surface area contributed by atoms with Gasteiger partial charge in [-0.05, 0) is 0 Å². The Morgan fingerprint density at radius 1 is 1.20 bits per heavy atom. The Bertz CT molecular complexity index is 439. The maximum absolute atomic E-state index is 11.3. The summed E-state index contributed by atoms with van der Waals surface area (Å²) >= 11 is 0. The van der Waals surface area contributed by atoms with Crippen LogP contribution in [-0.4, -0.2) is 23.7 Å². The van der Waals surface area contributed by atoms with Crippen LogP contribution in [-0.2, 0) is 9.59 Å². The van der Waals surface area contributed by atoms with Gasteiger partial charge in [-0.3, -0.25) is 9.59 Å². The van der Waals surface area contributed by atoms with E-state index in [-0.39, 0.29) is 5.84 Å². The number of carbonyl (C=O) groups excluding carboxylic acids is 2. The van der Waals surface area contributed by atoms with E-state index in [4.69, 9.17) is 5.73 Å². The van der Waals surface area contributed by atoms with Gasteiger partial charge in [0.2, 0.25) is 0 Å². The van der Waals surface area contributed by atoms with Crippen molar-refractivity contribution in [2.24, 2.45) is 10.7 Å². The van der Waals surface area contributed by atoms with Gasteiger partial charge in [-0.1, -0.05) is 30.3 Å². The fourth-order valence-corrected chi connectivity index (χ4v) is 1.25. The Labute approximate surface area is 86.0 Å². The Morgan fingerprint density at radius 3 is 2.47 bits per heavy atom. The summed E-state index contributed by atoms with van der Waals surface area (Å²) in [6, 6.07) is 7.75. The maximum Gasteiger partial charge on any atom is 0.274 e. The smallest absolute Gasteiger partial charge is 0.274 e. The van der Waals surface area contributed by atoms with E-state index in [1.807, 2.05) is 6.07 Å². The van der Waals surface area contributed by atoms with E-state index in [0.29, 0.717) is 5.56 Å². The molecule has 1 aromatic carbocycles. The molecule has 1 heterocycles. The molecule has 0 radical (unpaired) electrons. The van der Waals surface area contributed by atoms with Crippen LogP contribution in [0.3, 0.4) is 0 Å². The topological polar surface area (TPSA) is 84.6 Å². The first-order valence-electron chi connectivity index (χ1n) is 4.43. The second-order valence-corrected chi connectivity index (χ2v) is 3.13. The summed E-state index contributed by atoms with van der Waals surface area (Å²) in [4.78, 5) is 26.2. The van der Waals surface area contributed by atoms with Crippen LogP contribution in [0.15, 0.2) is 35.3 Å². The predicted octanol–water partition coefficient (Wildman–Crippen LogP) is -0.583. The van der Waals surface area contributed by atoms with Crippen molar-refractivity contribution >= 4 is 17.6 Å². The second-order valence-electron chi connectivity index (χ2n) is 3.13. The average molecular weight is 203 g/mol. The zero-order valence-corrected chi connectivity index (χ0v) is 7.81. The van der Waals surface area contributed by atoms with Gasteiger partial charge in [0.1, 0.15) is 5.84 Å². The van der Waals surface area contributed by atoms with E-state index in [0.717, 1.165) is 0 Å². The lowest BCUT2D eigenvalue weighted by atomic mass is 10.1. The van der Waals surface area contributed by atoms with Crippen LogP contribution < -0.4 is 11.1 Å². The maximum atomic E-state index is 11.3. The number of benzene rings is 1. The SMILES string of the molecule is NC1C(=O)N=C(c2ccccc2)NC1=O. The molecule has 76 valence electrons. The third-order valence-corrected chi connectivity index (χ3v) is 2.06. The monoisotopic (exact) mass is 203 g/mol. The molecule has 1 aliphatic rings. The number of hydrogen-bond acceptors (Lipinski definition) is 3. The fourth-order valence-electron chi connectivity index (χ4n) is 1.25. The molecule has 1 aliphatic heterocycles. The molecule has 15 heavy (non-hydrogen) atoms. The summed E-state index contributed by atoms with van der Waals surface area (Å²) in [6.45, 7) is 0. The normalized spacial score (nSPS) is 20.9. The third-order valence-electron chi connectivity index (χ3n) is 2.06. The number of amidine groups is 1. The predicted molar refractivity (Wildman–Crippen MR) is 54.1 cm³/mol. The molecule has 2 rings (SSSR count). The van der Waals surface area contributed by atoms with Crippen molar-refractivity contribution in [1.29, 1.82) is 0 Å². The van der Waals surface area contributed by atoms with Crippen molar-refractivity contribution in [3.05, 3.63) is 35.9 Å². The van der Waals surface area contributed by atoms with Gasteiger partial charge in [-0.25, -0.2) is 0 Å². The van der Waals surface area contributed by atoms with Crippen molar-refractivity contribution in [3.63, 3.8) is 0 Å². The molecule has 0 aromatic heterocycles. The quantitative estimate of drug-likeness (QED) is 0.599. The number of nitrogens with two attached hydrogens (primary N) is 1. The molecule has 5 nitrogen and oxygen atoms in total. The lowest BCUT2D eigenvalue weighted by Gasteiger charge is -2.16. The van der Waals surface area contributed by atoms with Gasteiger partial charge < -0.3 is 11.1 Å². The van der Waals surface area contributed by atoms with Gasteiger partial charge >= 0.3 is 0 Å². The number of aliphatic imine (C=N–C) groups is 1. The molecule has 0 spiro atoms. The molecule has 0 saturated carbocycles. The number of nitrogens with zero attached hydrogens (tertiary/aromatic N) is 1. The van der Waals surface area contributed by atoms with Crippen LogP contribution in [0.4, 0.5) is 0 Å². The van der Waals surface area contributed by atoms with Gasteiger partial charge in [-0.15, -0.1) is 0 Å². The second kappa shape index (κ2) is 3.62. The van der Waals surface area contributed by atoms with E-state index in [1.54, 1.807) is 24.3 Å². The van der Waals surface area contributed by atoms with Gasteiger partial charge in [0.15, 0.2) is 6.04 Å². The number of hydrogen-bond donors (Lipinski definition) is 2. The first-order valence-corrected chi connectivity index (χ1v) is 4.43. The molecular formula is C10H9N3O2.